The summed E-state index contributed by atoms with van der Waals surface area (Å²) in [5, 5.41) is 59.4. The Morgan fingerprint density at radius 1 is 0.654 bits per heavy atom. The van der Waals surface area contributed by atoms with Crippen molar-refractivity contribution in [3.8, 4) is 0 Å². The third kappa shape index (κ3) is 24.5. The maximum Gasteiger partial charge on any atom is 0.326 e. The molecule has 0 unspecified atom stereocenters. The number of carbonyl (C=O) groups is 12. The van der Waals surface area contributed by atoms with Gasteiger partial charge >= 0.3 is 11.9 Å². The average molecular weight is 1150 g/mol. The van der Waals surface area contributed by atoms with Crippen LogP contribution in [0, 0.1) is 17.8 Å². The van der Waals surface area contributed by atoms with Crippen LogP contribution in [-0.2, 0) is 64.0 Å². The number of nitrogens with two attached hydrogens (primary N) is 3. The first-order valence-electron chi connectivity index (χ1n) is 27.2. The molecule has 1 saturated heterocycles. The summed E-state index contributed by atoms with van der Waals surface area (Å²) in [7, 11) is 0. The first-order chi connectivity index (χ1) is 38.0. The fourth-order valence-electron chi connectivity index (χ4n) is 8.80. The minimum Gasteiger partial charge on any atom is -0.481 e. The average Bonchev–Trinajstić information content (AvgIpc) is 4.15. The highest BCUT2D eigenvalue weighted by molar-refractivity contribution is 5.99. The van der Waals surface area contributed by atoms with E-state index in [1.165, 1.54) is 17.4 Å². The number of imidazole rings is 1. The number of carbonyl (C=O) groups excluding carboxylic acids is 10. The second-order valence-corrected chi connectivity index (χ2v) is 21.5. The standard InChI is InChI=1S/C51H86N14O16/c1-25(2)17-30(53)50(79)65-16-10-12-38(65)48(77)61-33(18-26(3)4)43(72)57-31(13-14-40(69)70)42(71)63-37(23-66)47(76)60-36(21-39(54)68)45(74)59-35(20-29-22-55-24-56-29)46(75)64-41(28(7)67)49(78)62-34(19-27(5)6)44(73)58-32(51(80)81)11-8-9-15-52/h22,24-28,30-38,41,66-67H,8-21,23,52-53H2,1-7H3,(H2,54,68)(H,55,56)(H,57,72)(H,58,73)(H,59,74)(H,60,76)(H,61,77)(H,62,78)(H,63,71)(H,64,75)(H,69,70)(H,80,81)/t28-,30+,31+,32+,33+,34+,35+,36+,37+,38+,41+/m1/s1. The Balaban J connectivity index is 2.37. The normalized spacial score (nSPS) is 17.0. The zero-order valence-corrected chi connectivity index (χ0v) is 47.2. The Hall–Kier alpha value is -7.31. The van der Waals surface area contributed by atoms with Crippen molar-refractivity contribution in [2.75, 3.05) is 19.7 Å². The van der Waals surface area contributed by atoms with Crippen molar-refractivity contribution in [1.82, 2.24) is 57.4 Å². The van der Waals surface area contributed by atoms with Gasteiger partial charge in [0.25, 0.3) is 0 Å². The summed E-state index contributed by atoms with van der Waals surface area (Å²) >= 11 is 0. The van der Waals surface area contributed by atoms with E-state index in [0.717, 1.165) is 6.92 Å². The highest BCUT2D eigenvalue weighted by Crippen LogP contribution is 2.21. The van der Waals surface area contributed by atoms with Crippen molar-refractivity contribution in [3.63, 3.8) is 0 Å². The number of aliphatic carboxylic acids is 2. The Bertz CT molecular complexity index is 2300. The number of rotatable bonds is 37. The summed E-state index contributed by atoms with van der Waals surface area (Å²) in [6, 6.07) is -14.9. The van der Waals surface area contributed by atoms with Crippen LogP contribution < -0.4 is 59.7 Å². The number of nitrogens with zero attached hydrogens (tertiary/aromatic N) is 2. The van der Waals surface area contributed by atoms with Gasteiger partial charge in [-0.15, -0.1) is 0 Å². The number of H-pyrrole nitrogens is 1. The van der Waals surface area contributed by atoms with Crippen LogP contribution in [0.1, 0.15) is 125 Å². The molecule has 10 amide bonds. The molecule has 2 rings (SSSR count). The van der Waals surface area contributed by atoms with Gasteiger partial charge < -0.3 is 90.0 Å². The number of aliphatic hydroxyl groups is 2. The highest BCUT2D eigenvalue weighted by atomic mass is 16.4. The quantitative estimate of drug-likeness (QED) is 0.0280. The van der Waals surface area contributed by atoms with Crippen molar-refractivity contribution in [1.29, 1.82) is 0 Å². The predicted octanol–water partition coefficient (Wildman–Crippen LogP) is -4.39. The van der Waals surface area contributed by atoms with E-state index in [1.807, 2.05) is 13.8 Å². The zero-order valence-electron chi connectivity index (χ0n) is 47.2. The molecule has 1 aliphatic rings. The van der Waals surface area contributed by atoms with E-state index >= 15 is 0 Å². The van der Waals surface area contributed by atoms with E-state index in [1.54, 1.807) is 27.7 Å². The van der Waals surface area contributed by atoms with Gasteiger partial charge in [-0.05, 0) is 89.0 Å². The van der Waals surface area contributed by atoms with Crippen LogP contribution in [0.2, 0.25) is 0 Å². The first-order valence-corrected chi connectivity index (χ1v) is 27.2. The van der Waals surface area contributed by atoms with Crippen molar-refractivity contribution in [2.45, 2.75) is 192 Å². The summed E-state index contributed by atoms with van der Waals surface area (Å²) in [5.41, 5.74) is 17.4. The number of aromatic nitrogens is 2. The molecule has 30 heteroatoms. The largest absolute Gasteiger partial charge is 0.481 e. The van der Waals surface area contributed by atoms with Crippen LogP contribution in [0.5, 0.6) is 0 Å². The van der Waals surface area contributed by atoms with Gasteiger partial charge in [0, 0.05) is 31.3 Å². The molecule has 0 bridgehead atoms. The number of likely N-dealkylation sites (tertiary alicyclic amines) is 1. The summed E-state index contributed by atoms with van der Waals surface area (Å²) < 4.78 is 0. The Labute approximate surface area is 470 Å². The first kappa shape index (κ1) is 69.8. The number of aromatic amines is 1. The predicted molar refractivity (Wildman–Crippen MR) is 289 cm³/mol. The van der Waals surface area contributed by atoms with Crippen LogP contribution in [0.25, 0.3) is 0 Å². The molecule has 0 saturated carbocycles. The summed E-state index contributed by atoms with van der Waals surface area (Å²) in [6.45, 7) is 11.3. The monoisotopic (exact) mass is 1150 g/mol. The van der Waals surface area contributed by atoms with Gasteiger partial charge in [0.1, 0.15) is 54.4 Å². The molecule has 0 radical (unpaired) electrons. The number of carboxylic acid groups (broad SMARTS) is 2. The minimum atomic E-state index is -1.95. The molecule has 1 aromatic heterocycles. The second-order valence-electron chi connectivity index (χ2n) is 21.5. The molecule has 0 aromatic carbocycles. The molecule has 456 valence electrons. The van der Waals surface area contributed by atoms with Crippen LogP contribution >= 0.6 is 0 Å². The highest BCUT2D eigenvalue weighted by Gasteiger charge is 2.40. The Morgan fingerprint density at radius 2 is 1.16 bits per heavy atom. The van der Waals surface area contributed by atoms with Gasteiger partial charge in [0.15, 0.2) is 0 Å². The number of carboxylic acids is 2. The zero-order chi connectivity index (χ0) is 61.3. The van der Waals surface area contributed by atoms with E-state index in [4.69, 9.17) is 17.2 Å². The number of amides is 10. The summed E-state index contributed by atoms with van der Waals surface area (Å²) in [6.07, 6.45) is 0.377. The molecule has 1 fully saturated rings. The van der Waals surface area contributed by atoms with Crippen LogP contribution in [-0.4, -0.2) is 193 Å². The number of hydrogen-bond donors (Lipinski definition) is 16. The number of aliphatic hydroxyl groups excluding tert-OH is 2. The third-order valence-electron chi connectivity index (χ3n) is 12.9. The SMILES string of the molecule is CC(C)C[C@H](NC(=O)[C@@H](NC(=O)[C@H](Cc1cnc[nH]1)NC(=O)[C@H](CC(N)=O)NC(=O)[C@H](CO)NC(=O)[C@H](CCC(=O)O)NC(=O)[C@H](CC(C)C)NC(=O)[C@@H]1CCCN1C(=O)[C@@H](N)CC(C)C)[C@@H](C)O)C(=O)N[C@@H](CCCCN)C(=O)O. The van der Waals surface area contributed by atoms with Gasteiger partial charge in [0.05, 0.1) is 31.5 Å². The lowest BCUT2D eigenvalue weighted by molar-refractivity contribution is -0.143. The maximum absolute atomic E-state index is 14.1. The lowest BCUT2D eigenvalue weighted by Crippen LogP contribution is -2.62. The summed E-state index contributed by atoms with van der Waals surface area (Å²) in [5.74, 6) is -13.0. The van der Waals surface area contributed by atoms with Gasteiger partial charge in [0.2, 0.25) is 59.1 Å². The van der Waals surface area contributed by atoms with E-state index in [2.05, 4.69) is 52.5 Å². The summed E-state index contributed by atoms with van der Waals surface area (Å²) in [4.78, 5) is 168. The molecule has 30 nitrogen and oxygen atoms in total. The molecule has 0 spiro atoms. The fourth-order valence-corrected chi connectivity index (χ4v) is 8.80. The van der Waals surface area contributed by atoms with Gasteiger partial charge in [-0.3, -0.25) is 52.7 Å². The molecule has 19 N–H and O–H groups in total. The molecule has 0 aliphatic carbocycles. The maximum atomic E-state index is 14.1. The van der Waals surface area contributed by atoms with Crippen molar-refractivity contribution in [3.05, 3.63) is 18.2 Å². The molecule has 11 atom stereocenters. The fraction of sp³-hybridized carbons (Fsp3) is 0.706. The van der Waals surface area contributed by atoms with Gasteiger partial charge in [-0.25, -0.2) is 9.78 Å². The number of hydrogen-bond acceptors (Lipinski definition) is 17. The molecule has 81 heavy (non-hydrogen) atoms. The van der Waals surface area contributed by atoms with Crippen LogP contribution in [0.15, 0.2) is 12.5 Å². The number of nitrogens with one attached hydrogen (secondary N) is 9. The van der Waals surface area contributed by atoms with E-state index in [-0.39, 0.29) is 55.7 Å². The Kier molecular flexibility index (Phi) is 29.9. The minimum absolute atomic E-state index is 0.00187. The smallest absolute Gasteiger partial charge is 0.326 e. The molecular formula is C51H86N14O16. The number of primary amides is 1. The van der Waals surface area contributed by atoms with Crippen LogP contribution in [0.3, 0.4) is 0 Å². The number of unbranched alkanes of at least 4 members (excludes halogenated alkanes) is 1. The second kappa shape index (κ2) is 34.7. The van der Waals surface area contributed by atoms with Crippen molar-refractivity contribution in [2.24, 2.45) is 35.0 Å². The van der Waals surface area contributed by atoms with Crippen LogP contribution in [0.4, 0.5) is 0 Å². The molecule has 2 heterocycles. The van der Waals surface area contributed by atoms with Gasteiger partial charge in [-0.2, -0.15) is 0 Å². The van der Waals surface area contributed by atoms with Gasteiger partial charge in [-0.1, -0.05) is 41.5 Å². The van der Waals surface area contributed by atoms with E-state index < -0.39 is 170 Å². The van der Waals surface area contributed by atoms with Crippen molar-refractivity contribution >= 4 is 71.0 Å². The topological polar surface area (TPSA) is 492 Å². The molecular weight excluding hydrogens is 1060 g/mol. The Morgan fingerprint density at radius 3 is 1.68 bits per heavy atom. The lowest BCUT2D eigenvalue weighted by atomic mass is 10.0. The molecule has 1 aliphatic heterocycles. The van der Waals surface area contributed by atoms with Crippen molar-refractivity contribution < 1.29 is 78.0 Å². The lowest BCUT2D eigenvalue weighted by Gasteiger charge is -2.30. The molecule has 1 aromatic rings. The third-order valence-corrected chi connectivity index (χ3v) is 12.9. The van der Waals surface area contributed by atoms with E-state index in [0.29, 0.717) is 32.2 Å². The van der Waals surface area contributed by atoms with E-state index in [9.17, 15) is 78.0 Å².